The van der Waals surface area contributed by atoms with E-state index in [1.807, 2.05) is 0 Å². The topological polar surface area (TPSA) is 52.9 Å². The first-order chi connectivity index (χ1) is 12.6. The molecule has 0 radical (unpaired) electrons. The molecule has 0 fully saturated rings. The van der Waals surface area contributed by atoms with E-state index in [0.29, 0.717) is 10.6 Å². The molecule has 134 valence electrons. The van der Waals surface area contributed by atoms with E-state index >= 15 is 0 Å². The zero-order valence-electron chi connectivity index (χ0n) is 14.1. The second kappa shape index (κ2) is 8.48. The Bertz CT molecular complexity index is 878. The number of anilines is 1. The lowest BCUT2D eigenvalue weighted by Gasteiger charge is -2.08. The van der Waals surface area contributed by atoms with Crippen LogP contribution in [0.5, 0.6) is 0 Å². The molecule has 1 aromatic carbocycles. The maximum absolute atomic E-state index is 13.8. The van der Waals surface area contributed by atoms with Crippen molar-refractivity contribution in [1.29, 1.82) is 5.26 Å². The summed E-state index contributed by atoms with van der Waals surface area (Å²) in [4.78, 5) is 13.5. The third-order valence-corrected chi connectivity index (χ3v) is 5.96. The van der Waals surface area contributed by atoms with Crippen LogP contribution in [0.4, 0.5) is 9.39 Å². The zero-order chi connectivity index (χ0) is 18.5. The second-order valence-corrected chi connectivity index (χ2v) is 7.70. The average molecular weight is 389 g/mol. The lowest BCUT2D eigenvalue weighted by atomic mass is 9.97. The van der Waals surface area contributed by atoms with E-state index in [1.54, 1.807) is 6.07 Å². The number of nitrogens with one attached hydrogen (secondary N) is 1. The number of benzene rings is 1. The number of aryl methyl sites for hydroxylation is 1. The highest BCUT2D eigenvalue weighted by atomic mass is 35.5. The van der Waals surface area contributed by atoms with Crippen molar-refractivity contribution in [3.63, 3.8) is 0 Å². The summed E-state index contributed by atoms with van der Waals surface area (Å²) in [6.07, 6.45) is 8.97. The number of amides is 1. The number of hydrogen-bond donors (Lipinski definition) is 1. The Labute approximate surface area is 161 Å². The van der Waals surface area contributed by atoms with Gasteiger partial charge in [0.25, 0.3) is 0 Å². The fourth-order valence-electron chi connectivity index (χ4n) is 3.11. The van der Waals surface area contributed by atoms with Crippen LogP contribution in [-0.4, -0.2) is 5.91 Å². The second-order valence-electron chi connectivity index (χ2n) is 6.19. The number of halogens is 2. The number of carbonyl (C=O) groups is 1. The van der Waals surface area contributed by atoms with Gasteiger partial charge in [0.1, 0.15) is 16.9 Å². The molecule has 3 nitrogen and oxygen atoms in total. The van der Waals surface area contributed by atoms with Crippen LogP contribution < -0.4 is 5.32 Å². The SMILES string of the molecule is N#Cc1c(NC(=O)C=Cc2c(F)cccc2Cl)sc2c1CCCCCC2. The fourth-order valence-corrected chi connectivity index (χ4v) is 4.58. The zero-order valence-corrected chi connectivity index (χ0v) is 15.7. The third kappa shape index (κ3) is 4.14. The van der Waals surface area contributed by atoms with Crippen molar-refractivity contribution in [2.75, 3.05) is 5.32 Å². The number of thiophene rings is 1. The molecule has 1 heterocycles. The van der Waals surface area contributed by atoms with Gasteiger partial charge in [0, 0.05) is 16.5 Å². The van der Waals surface area contributed by atoms with E-state index in [0.717, 1.165) is 31.2 Å². The molecule has 1 amide bonds. The molecule has 1 aromatic heterocycles. The summed E-state index contributed by atoms with van der Waals surface area (Å²) in [6, 6.07) is 6.60. The quantitative estimate of drug-likeness (QED) is 0.683. The molecule has 2 aromatic rings. The summed E-state index contributed by atoms with van der Waals surface area (Å²) >= 11 is 7.43. The lowest BCUT2D eigenvalue weighted by molar-refractivity contribution is -0.111. The van der Waals surface area contributed by atoms with Gasteiger partial charge in [0.05, 0.1) is 10.6 Å². The van der Waals surface area contributed by atoms with Crippen molar-refractivity contribution in [3.8, 4) is 6.07 Å². The number of hydrogen-bond acceptors (Lipinski definition) is 3. The molecule has 0 saturated heterocycles. The minimum Gasteiger partial charge on any atom is -0.313 e. The molecule has 6 heteroatoms. The largest absolute Gasteiger partial charge is 0.313 e. The smallest absolute Gasteiger partial charge is 0.249 e. The maximum Gasteiger partial charge on any atom is 0.249 e. The molecular formula is C20H18ClFN2OS. The average Bonchev–Trinajstić information content (AvgIpc) is 2.90. The van der Waals surface area contributed by atoms with Gasteiger partial charge in [0.15, 0.2) is 0 Å². The monoisotopic (exact) mass is 388 g/mol. The Morgan fingerprint density at radius 2 is 2.04 bits per heavy atom. The maximum atomic E-state index is 13.8. The highest BCUT2D eigenvalue weighted by Gasteiger charge is 2.20. The minimum atomic E-state index is -0.488. The highest BCUT2D eigenvalue weighted by Crippen LogP contribution is 2.36. The Balaban J connectivity index is 1.80. The van der Waals surface area contributed by atoms with E-state index in [4.69, 9.17) is 11.6 Å². The number of nitrogens with zero attached hydrogens (tertiary/aromatic N) is 1. The molecule has 1 aliphatic rings. The molecule has 0 atom stereocenters. The summed E-state index contributed by atoms with van der Waals surface area (Å²) < 4.78 is 13.8. The molecule has 1 aliphatic carbocycles. The van der Waals surface area contributed by atoms with E-state index in [-0.39, 0.29) is 10.6 Å². The summed E-state index contributed by atoms with van der Waals surface area (Å²) in [5.41, 5.74) is 1.81. The van der Waals surface area contributed by atoms with Crippen molar-refractivity contribution in [2.24, 2.45) is 0 Å². The van der Waals surface area contributed by atoms with Crippen LogP contribution in [0, 0.1) is 17.1 Å². The third-order valence-electron chi connectivity index (χ3n) is 4.42. The fraction of sp³-hybridized carbons (Fsp3) is 0.300. The van der Waals surface area contributed by atoms with Gasteiger partial charge in [-0.05, 0) is 49.5 Å². The van der Waals surface area contributed by atoms with Crippen LogP contribution in [0.3, 0.4) is 0 Å². The van der Waals surface area contributed by atoms with Gasteiger partial charge in [-0.2, -0.15) is 5.26 Å². The van der Waals surface area contributed by atoms with Gasteiger partial charge in [-0.15, -0.1) is 11.3 Å². The number of rotatable bonds is 3. The minimum absolute atomic E-state index is 0.170. The van der Waals surface area contributed by atoms with Crippen LogP contribution in [0.25, 0.3) is 6.08 Å². The first kappa shape index (κ1) is 18.6. The number of carbonyl (C=O) groups excluding carboxylic acids is 1. The van der Waals surface area contributed by atoms with Crippen LogP contribution in [0.1, 0.15) is 47.3 Å². The van der Waals surface area contributed by atoms with Gasteiger partial charge in [-0.3, -0.25) is 4.79 Å². The predicted octanol–water partition coefficient (Wildman–Crippen LogP) is 5.72. The summed E-state index contributed by atoms with van der Waals surface area (Å²) in [5.74, 6) is -0.895. The molecule has 1 N–H and O–H groups in total. The van der Waals surface area contributed by atoms with E-state index < -0.39 is 11.7 Å². The first-order valence-electron chi connectivity index (χ1n) is 8.58. The summed E-state index contributed by atoms with van der Waals surface area (Å²) in [7, 11) is 0. The van der Waals surface area contributed by atoms with Crippen LogP contribution in [-0.2, 0) is 17.6 Å². The van der Waals surface area contributed by atoms with Crippen molar-refractivity contribution in [3.05, 3.63) is 56.7 Å². The lowest BCUT2D eigenvalue weighted by Crippen LogP contribution is -2.08. The van der Waals surface area contributed by atoms with Crippen molar-refractivity contribution < 1.29 is 9.18 Å². The van der Waals surface area contributed by atoms with Crippen LogP contribution in [0.2, 0.25) is 5.02 Å². The van der Waals surface area contributed by atoms with Gasteiger partial charge in [-0.1, -0.05) is 30.5 Å². The van der Waals surface area contributed by atoms with E-state index in [2.05, 4.69) is 11.4 Å². The molecule has 0 saturated carbocycles. The highest BCUT2D eigenvalue weighted by molar-refractivity contribution is 7.16. The number of nitriles is 1. The summed E-state index contributed by atoms with van der Waals surface area (Å²) in [5, 5.41) is 13.1. The molecule has 26 heavy (non-hydrogen) atoms. The predicted molar refractivity (Wildman–Crippen MR) is 104 cm³/mol. The van der Waals surface area contributed by atoms with E-state index in [1.165, 1.54) is 53.3 Å². The standard InChI is InChI=1S/C20H18ClFN2OS/c21-16-7-5-8-17(22)14(16)10-11-19(25)24-20-15(12-23)13-6-3-1-2-4-9-18(13)26-20/h5,7-8,10-11H,1-4,6,9H2,(H,24,25). The first-order valence-corrected chi connectivity index (χ1v) is 9.77. The number of fused-ring (bicyclic) bond motifs is 1. The van der Waals surface area contributed by atoms with Crippen molar-refractivity contribution >= 4 is 39.9 Å². The molecule has 0 unspecified atom stereocenters. The van der Waals surface area contributed by atoms with Crippen molar-refractivity contribution in [1.82, 2.24) is 0 Å². The summed E-state index contributed by atoms with van der Waals surface area (Å²) in [6.45, 7) is 0. The normalized spacial score (nSPS) is 14.3. The molecule has 0 aliphatic heterocycles. The van der Waals surface area contributed by atoms with Gasteiger partial charge in [0.2, 0.25) is 5.91 Å². The van der Waals surface area contributed by atoms with Crippen molar-refractivity contribution in [2.45, 2.75) is 38.5 Å². The van der Waals surface area contributed by atoms with Gasteiger partial charge in [-0.25, -0.2) is 4.39 Å². The molecule has 0 bridgehead atoms. The Morgan fingerprint density at radius 3 is 2.77 bits per heavy atom. The van der Waals surface area contributed by atoms with Crippen LogP contribution in [0.15, 0.2) is 24.3 Å². The van der Waals surface area contributed by atoms with Gasteiger partial charge < -0.3 is 5.32 Å². The molecule has 0 spiro atoms. The van der Waals surface area contributed by atoms with Gasteiger partial charge >= 0.3 is 0 Å². The molecule has 3 rings (SSSR count). The molecular weight excluding hydrogens is 371 g/mol. The Morgan fingerprint density at radius 1 is 1.27 bits per heavy atom. The Kier molecular flexibility index (Phi) is 6.08. The Hall–Kier alpha value is -2.16. The van der Waals surface area contributed by atoms with E-state index in [9.17, 15) is 14.4 Å². The van der Waals surface area contributed by atoms with Crippen LogP contribution >= 0.6 is 22.9 Å².